The highest BCUT2D eigenvalue weighted by atomic mass is 19.4. The van der Waals surface area contributed by atoms with Crippen molar-refractivity contribution in [3.05, 3.63) is 35.4 Å². The van der Waals surface area contributed by atoms with E-state index in [0.717, 1.165) is 0 Å². The Morgan fingerprint density at radius 1 is 1.11 bits per heavy atom. The summed E-state index contributed by atoms with van der Waals surface area (Å²) in [5, 5.41) is 0. The van der Waals surface area contributed by atoms with Gasteiger partial charge in [0.2, 0.25) is 5.78 Å². The number of amides is 1. The van der Waals surface area contributed by atoms with Gasteiger partial charge in [-0.3, -0.25) is 9.59 Å². The smallest absolute Gasteiger partial charge is 0.345 e. The largest absolute Gasteiger partial charge is 0.450 e. The van der Waals surface area contributed by atoms with Crippen LogP contribution in [0, 0.1) is 0 Å². The van der Waals surface area contributed by atoms with E-state index in [0.29, 0.717) is 5.56 Å². The van der Waals surface area contributed by atoms with Gasteiger partial charge < -0.3 is 4.90 Å². The predicted molar refractivity (Wildman–Crippen MR) is 59.2 cm³/mol. The van der Waals surface area contributed by atoms with Gasteiger partial charge in [-0.15, -0.1) is 0 Å². The number of carbonyl (C=O) groups is 2. The first-order valence-electron chi connectivity index (χ1n) is 5.12. The lowest BCUT2D eigenvalue weighted by Crippen LogP contribution is -2.24. The summed E-state index contributed by atoms with van der Waals surface area (Å²) >= 11 is 0. The molecule has 1 aromatic carbocycles. The third-order valence-electron chi connectivity index (χ3n) is 2.29. The van der Waals surface area contributed by atoms with Crippen molar-refractivity contribution in [1.82, 2.24) is 4.90 Å². The number of hydrogen-bond donors (Lipinski definition) is 0. The normalized spacial score (nSPS) is 11.2. The first kappa shape index (κ1) is 14.2. The lowest BCUT2D eigenvalue weighted by Gasteiger charge is -2.10. The van der Waals surface area contributed by atoms with Crippen molar-refractivity contribution >= 4 is 11.7 Å². The molecule has 0 aliphatic heterocycles. The van der Waals surface area contributed by atoms with Crippen LogP contribution in [0.25, 0.3) is 0 Å². The number of nitrogens with zero attached hydrogens (tertiary/aromatic N) is 1. The molecule has 1 amide bonds. The van der Waals surface area contributed by atoms with Crippen LogP contribution in [-0.2, 0) is 11.2 Å². The molecule has 0 bridgehead atoms. The molecule has 0 atom stereocenters. The van der Waals surface area contributed by atoms with Crippen molar-refractivity contribution in [2.24, 2.45) is 0 Å². The highest BCUT2D eigenvalue weighted by molar-refractivity contribution is 5.94. The van der Waals surface area contributed by atoms with Crippen LogP contribution in [0.2, 0.25) is 0 Å². The van der Waals surface area contributed by atoms with Crippen molar-refractivity contribution < 1.29 is 22.8 Å². The van der Waals surface area contributed by atoms with Crippen LogP contribution in [0.5, 0.6) is 0 Å². The molecule has 0 unspecified atom stereocenters. The fourth-order valence-electron chi connectivity index (χ4n) is 1.31. The van der Waals surface area contributed by atoms with Gasteiger partial charge in [0.25, 0.3) is 5.91 Å². The van der Waals surface area contributed by atoms with Gasteiger partial charge in [0.05, 0.1) is 0 Å². The summed E-state index contributed by atoms with van der Waals surface area (Å²) in [6.07, 6.45) is -5.53. The van der Waals surface area contributed by atoms with Crippen LogP contribution in [0.4, 0.5) is 13.2 Å². The minimum absolute atomic E-state index is 0.229. The number of carbonyl (C=O) groups excluding carboxylic acids is 2. The van der Waals surface area contributed by atoms with E-state index in [1.54, 1.807) is 14.1 Å². The maximum absolute atomic E-state index is 12.0. The number of ketones is 1. The number of hydrogen-bond acceptors (Lipinski definition) is 2. The van der Waals surface area contributed by atoms with Gasteiger partial charge in [-0.2, -0.15) is 13.2 Å². The average molecular weight is 259 g/mol. The maximum Gasteiger partial charge on any atom is 0.450 e. The molecular weight excluding hydrogens is 247 g/mol. The van der Waals surface area contributed by atoms with Gasteiger partial charge in [-0.05, 0) is 17.7 Å². The van der Waals surface area contributed by atoms with E-state index in [2.05, 4.69) is 0 Å². The standard InChI is InChI=1S/C12H12F3NO2/c1-16(2)11(18)9-5-3-8(4-6-9)7-10(17)12(13,14)15/h3-6H,7H2,1-2H3. The molecule has 98 valence electrons. The third-order valence-corrected chi connectivity index (χ3v) is 2.29. The summed E-state index contributed by atoms with van der Waals surface area (Å²) in [4.78, 5) is 23.6. The molecule has 0 aromatic heterocycles. The molecule has 18 heavy (non-hydrogen) atoms. The number of rotatable bonds is 3. The topological polar surface area (TPSA) is 37.4 Å². The first-order chi connectivity index (χ1) is 8.21. The van der Waals surface area contributed by atoms with E-state index in [9.17, 15) is 22.8 Å². The second kappa shape index (κ2) is 5.20. The lowest BCUT2D eigenvalue weighted by molar-refractivity contribution is -0.170. The number of alkyl halides is 3. The molecule has 0 radical (unpaired) electrons. The van der Waals surface area contributed by atoms with Crippen LogP contribution in [0.1, 0.15) is 15.9 Å². The summed E-state index contributed by atoms with van der Waals surface area (Å²) in [7, 11) is 3.15. The van der Waals surface area contributed by atoms with Crippen molar-refractivity contribution in [2.75, 3.05) is 14.1 Å². The molecule has 1 aromatic rings. The van der Waals surface area contributed by atoms with E-state index in [4.69, 9.17) is 0 Å². The summed E-state index contributed by atoms with van der Waals surface area (Å²) in [6.45, 7) is 0. The second-order valence-electron chi connectivity index (χ2n) is 3.99. The SMILES string of the molecule is CN(C)C(=O)c1ccc(CC(=O)C(F)(F)F)cc1. The molecule has 0 aliphatic rings. The molecule has 0 fully saturated rings. The van der Waals surface area contributed by atoms with Crippen LogP contribution >= 0.6 is 0 Å². The van der Waals surface area contributed by atoms with Gasteiger partial charge in [0.15, 0.2) is 0 Å². The van der Waals surface area contributed by atoms with Crippen molar-refractivity contribution in [3.63, 3.8) is 0 Å². The molecule has 0 heterocycles. The molecule has 6 heteroatoms. The fourth-order valence-corrected chi connectivity index (χ4v) is 1.31. The molecule has 1 rings (SSSR count). The highest BCUT2D eigenvalue weighted by Gasteiger charge is 2.37. The Labute approximate surface area is 102 Å². The fraction of sp³-hybridized carbons (Fsp3) is 0.333. The quantitative estimate of drug-likeness (QED) is 0.833. The Kier molecular flexibility index (Phi) is 4.11. The van der Waals surface area contributed by atoms with Crippen molar-refractivity contribution in [3.8, 4) is 0 Å². The van der Waals surface area contributed by atoms with Gasteiger partial charge in [0.1, 0.15) is 0 Å². The van der Waals surface area contributed by atoms with Gasteiger partial charge in [-0.25, -0.2) is 0 Å². The predicted octanol–water partition coefficient (Wildman–Crippen LogP) is 2.06. The third kappa shape index (κ3) is 3.58. The average Bonchev–Trinajstić information content (AvgIpc) is 2.27. The Morgan fingerprint density at radius 2 is 1.61 bits per heavy atom. The van der Waals surface area contributed by atoms with Crippen molar-refractivity contribution in [1.29, 1.82) is 0 Å². The zero-order chi connectivity index (χ0) is 13.9. The van der Waals surface area contributed by atoms with Gasteiger partial charge >= 0.3 is 6.18 Å². The summed E-state index contributed by atoms with van der Waals surface area (Å²) in [5.41, 5.74) is 0.593. The van der Waals surface area contributed by atoms with Crippen LogP contribution in [0.3, 0.4) is 0 Å². The summed E-state index contributed by atoms with van der Waals surface area (Å²) in [6, 6.07) is 5.50. The molecule has 0 spiro atoms. The zero-order valence-corrected chi connectivity index (χ0v) is 9.91. The molecule has 3 nitrogen and oxygen atoms in total. The molecule has 0 saturated heterocycles. The van der Waals surface area contributed by atoms with Crippen LogP contribution < -0.4 is 0 Å². The Hall–Kier alpha value is -1.85. The number of halogens is 3. The van der Waals surface area contributed by atoms with Gasteiger partial charge in [0, 0.05) is 26.1 Å². The monoisotopic (exact) mass is 259 g/mol. The summed E-state index contributed by atoms with van der Waals surface area (Å²) in [5.74, 6) is -2.04. The minimum atomic E-state index is -4.82. The molecule has 0 aliphatic carbocycles. The van der Waals surface area contributed by atoms with E-state index >= 15 is 0 Å². The molecular formula is C12H12F3NO2. The Bertz CT molecular complexity index is 449. The number of Topliss-reactive ketones (excluding diaryl/α,β-unsaturated/α-hetero) is 1. The lowest BCUT2D eigenvalue weighted by atomic mass is 10.1. The minimum Gasteiger partial charge on any atom is -0.345 e. The van der Waals surface area contributed by atoms with E-state index < -0.39 is 18.4 Å². The summed E-state index contributed by atoms with van der Waals surface area (Å²) < 4.78 is 36.1. The van der Waals surface area contributed by atoms with Crippen molar-refractivity contribution in [2.45, 2.75) is 12.6 Å². The Morgan fingerprint density at radius 3 is 2.00 bits per heavy atom. The second-order valence-corrected chi connectivity index (χ2v) is 3.99. The van der Waals surface area contributed by atoms with E-state index in [1.807, 2.05) is 0 Å². The Balaban J connectivity index is 2.78. The van der Waals surface area contributed by atoms with E-state index in [1.165, 1.54) is 29.2 Å². The van der Waals surface area contributed by atoms with E-state index in [-0.39, 0.29) is 11.5 Å². The van der Waals surface area contributed by atoms with Crippen LogP contribution in [0.15, 0.2) is 24.3 Å². The maximum atomic E-state index is 12.0. The molecule has 0 saturated carbocycles. The van der Waals surface area contributed by atoms with Crippen LogP contribution in [-0.4, -0.2) is 36.9 Å². The highest BCUT2D eigenvalue weighted by Crippen LogP contribution is 2.19. The zero-order valence-electron chi connectivity index (χ0n) is 9.91. The molecule has 0 N–H and O–H groups in total. The van der Waals surface area contributed by atoms with Gasteiger partial charge in [-0.1, -0.05) is 12.1 Å². The number of benzene rings is 1. The first-order valence-corrected chi connectivity index (χ1v) is 5.12.